The van der Waals surface area contributed by atoms with Gasteiger partial charge >= 0.3 is 0 Å². The Hall–Kier alpha value is -1.19. The van der Waals surface area contributed by atoms with Gasteiger partial charge in [0, 0.05) is 23.4 Å². The molecular weight excluding hydrogens is 228 g/mol. The lowest BCUT2D eigenvalue weighted by Crippen LogP contribution is -2.08. The van der Waals surface area contributed by atoms with Gasteiger partial charge in [-0.3, -0.25) is 0 Å². The van der Waals surface area contributed by atoms with Crippen LogP contribution in [0.2, 0.25) is 0 Å². The van der Waals surface area contributed by atoms with Crippen LogP contribution in [0.4, 0.5) is 0 Å². The fraction of sp³-hybridized carbons (Fsp3) is 0.357. The smallest absolute Gasteiger partial charge is 0.123 e. The monoisotopic (exact) mass is 246 g/mol. The summed E-state index contributed by atoms with van der Waals surface area (Å²) in [6.45, 7) is 7.00. The van der Waals surface area contributed by atoms with Gasteiger partial charge in [0.1, 0.15) is 5.01 Å². The molecule has 0 spiro atoms. The zero-order chi connectivity index (χ0) is 12.4. The van der Waals surface area contributed by atoms with Crippen molar-refractivity contribution >= 4 is 11.3 Å². The summed E-state index contributed by atoms with van der Waals surface area (Å²) >= 11 is 1.70. The molecule has 90 valence electrons. The van der Waals surface area contributed by atoms with E-state index >= 15 is 0 Å². The van der Waals surface area contributed by atoms with Crippen molar-refractivity contribution in [3.8, 4) is 10.6 Å². The van der Waals surface area contributed by atoms with E-state index < -0.39 is 0 Å². The minimum Gasteiger partial charge on any atom is -0.330 e. The Bertz CT molecular complexity index is 517. The molecule has 0 aliphatic carbocycles. The summed E-state index contributed by atoms with van der Waals surface area (Å²) < 4.78 is 0. The van der Waals surface area contributed by atoms with Crippen molar-refractivity contribution in [3.63, 3.8) is 0 Å². The number of rotatable bonds is 3. The molecule has 2 N–H and O–H groups in total. The van der Waals surface area contributed by atoms with Gasteiger partial charge in [-0.25, -0.2) is 4.98 Å². The molecule has 1 heterocycles. The minimum atomic E-state index is 0.338. The highest BCUT2D eigenvalue weighted by atomic mass is 32.1. The SMILES string of the molecule is Cc1ccc(C)c(-c2nc(C(C)CN)cs2)c1. The highest BCUT2D eigenvalue weighted by Crippen LogP contribution is 2.29. The molecule has 0 radical (unpaired) electrons. The summed E-state index contributed by atoms with van der Waals surface area (Å²) in [4.78, 5) is 4.69. The first-order chi connectivity index (χ1) is 8.11. The molecule has 0 saturated carbocycles. The third-order valence-electron chi connectivity index (χ3n) is 3.00. The maximum atomic E-state index is 5.67. The summed E-state index contributed by atoms with van der Waals surface area (Å²) in [5, 5.41) is 3.22. The number of aromatic nitrogens is 1. The number of benzene rings is 1. The normalized spacial score (nSPS) is 12.7. The Balaban J connectivity index is 2.40. The van der Waals surface area contributed by atoms with Gasteiger partial charge < -0.3 is 5.73 Å². The summed E-state index contributed by atoms with van der Waals surface area (Å²) in [7, 11) is 0. The van der Waals surface area contributed by atoms with E-state index in [1.54, 1.807) is 11.3 Å². The standard InChI is InChI=1S/C14H18N2S/c1-9-4-5-10(2)12(6-9)14-16-13(8-17-14)11(3)7-15/h4-6,8,11H,7,15H2,1-3H3. The number of hydrogen-bond donors (Lipinski definition) is 1. The summed E-state index contributed by atoms with van der Waals surface area (Å²) in [6, 6.07) is 6.49. The quantitative estimate of drug-likeness (QED) is 0.900. The van der Waals surface area contributed by atoms with Crippen molar-refractivity contribution in [2.45, 2.75) is 26.7 Å². The second-order valence-corrected chi connectivity index (χ2v) is 5.39. The number of hydrogen-bond acceptors (Lipinski definition) is 3. The first-order valence-electron chi connectivity index (χ1n) is 5.85. The van der Waals surface area contributed by atoms with E-state index in [-0.39, 0.29) is 0 Å². The summed E-state index contributed by atoms with van der Waals surface area (Å²) in [6.07, 6.45) is 0. The van der Waals surface area contributed by atoms with E-state index in [9.17, 15) is 0 Å². The maximum Gasteiger partial charge on any atom is 0.123 e. The average Bonchev–Trinajstić information content (AvgIpc) is 2.80. The summed E-state index contributed by atoms with van der Waals surface area (Å²) in [5.74, 6) is 0.338. The molecule has 17 heavy (non-hydrogen) atoms. The van der Waals surface area contributed by atoms with E-state index in [0.717, 1.165) is 10.7 Å². The van der Waals surface area contributed by atoms with Gasteiger partial charge in [-0.05, 0) is 25.5 Å². The number of nitrogens with zero attached hydrogens (tertiary/aromatic N) is 1. The van der Waals surface area contributed by atoms with E-state index in [4.69, 9.17) is 10.7 Å². The predicted molar refractivity (Wildman–Crippen MR) is 74.5 cm³/mol. The minimum absolute atomic E-state index is 0.338. The van der Waals surface area contributed by atoms with E-state index in [2.05, 4.69) is 44.4 Å². The van der Waals surface area contributed by atoms with Crippen molar-refractivity contribution in [2.75, 3.05) is 6.54 Å². The van der Waals surface area contributed by atoms with Gasteiger partial charge in [-0.15, -0.1) is 11.3 Å². The molecule has 0 aliphatic heterocycles. The average molecular weight is 246 g/mol. The van der Waals surface area contributed by atoms with Gasteiger partial charge in [0.2, 0.25) is 0 Å². The van der Waals surface area contributed by atoms with E-state index in [0.29, 0.717) is 12.5 Å². The Morgan fingerprint density at radius 1 is 1.35 bits per heavy atom. The lowest BCUT2D eigenvalue weighted by molar-refractivity contribution is 0.752. The third kappa shape index (κ3) is 2.56. The molecule has 0 fully saturated rings. The van der Waals surface area contributed by atoms with Crippen molar-refractivity contribution in [1.29, 1.82) is 0 Å². The molecule has 1 aromatic heterocycles. The lowest BCUT2D eigenvalue weighted by Gasteiger charge is -2.05. The fourth-order valence-corrected chi connectivity index (χ4v) is 2.75. The van der Waals surface area contributed by atoms with Gasteiger partial charge in [-0.2, -0.15) is 0 Å². The van der Waals surface area contributed by atoms with Gasteiger partial charge in [0.05, 0.1) is 5.69 Å². The molecule has 0 aliphatic rings. The zero-order valence-corrected chi connectivity index (χ0v) is 11.3. The second kappa shape index (κ2) is 4.98. The first-order valence-corrected chi connectivity index (χ1v) is 6.73. The largest absolute Gasteiger partial charge is 0.330 e. The molecule has 1 aromatic carbocycles. The van der Waals surface area contributed by atoms with Crippen LogP contribution in [0.5, 0.6) is 0 Å². The van der Waals surface area contributed by atoms with Crippen LogP contribution in [-0.4, -0.2) is 11.5 Å². The van der Waals surface area contributed by atoms with Crippen molar-refractivity contribution < 1.29 is 0 Å². The lowest BCUT2D eigenvalue weighted by atomic mass is 10.1. The predicted octanol–water partition coefficient (Wildman–Crippen LogP) is 3.49. The van der Waals surface area contributed by atoms with Gasteiger partial charge in [-0.1, -0.05) is 24.6 Å². The highest BCUT2D eigenvalue weighted by Gasteiger charge is 2.11. The molecule has 2 aromatic rings. The number of thiazole rings is 1. The maximum absolute atomic E-state index is 5.67. The van der Waals surface area contributed by atoms with Gasteiger partial charge in [0.25, 0.3) is 0 Å². The van der Waals surface area contributed by atoms with Crippen LogP contribution in [-0.2, 0) is 0 Å². The van der Waals surface area contributed by atoms with Crippen LogP contribution < -0.4 is 5.73 Å². The van der Waals surface area contributed by atoms with Crippen LogP contribution in [0.1, 0.15) is 29.7 Å². The van der Waals surface area contributed by atoms with Crippen LogP contribution >= 0.6 is 11.3 Å². The number of aryl methyl sites for hydroxylation is 2. The molecule has 0 bridgehead atoms. The van der Waals surface area contributed by atoms with Crippen LogP contribution in [0.3, 0.4) is 0 Å². The number of nitrogens with two attached hydrogens (primary N) is 1. The Morgan fingerprint density at radius 3 is 2.82 bits per heavy atom. The Morgan fingerprint density at radius 2 is 2.12 bits per heavy atom. The van der Waals surface area contributed by atoms with E-state index in [1.807, 2.05) is 0 Å². The van der Waals surface area contributed by atoms with E-state index in [1.165, 1.54) is 16.7 Å². The molecule has 2 rings (SSSR count). The Kier molecular flexibility index (Phi) is 3.60. The van der Waals surface area contributed by atoms with Gasteiger partial charge in [0.15, 0.2) is 0 Å². The first kappa shape index (κ1) is 12.3. The van der Waals surface area contributed by atoms with Crippen molar-refractivity contribution in [1.82, 2.24) is 4.98 Å². The molecule has 0 saturated heterocycles. The highest BCUT2D eigenvalue weighted by molar-refractivity contribution is 7.13. The summed E-state index contributed by atoms with van der Waals surface area (Å²) in [5.41, 5.74) is 10.6. The zero-order valence-electron chi connectivity index (χ0n) is 10.5. The molecule has 3 heteroatoms. The van der Waals surface area contributed by atoms with Crippen molar-refractivity contribution in [3.05, 3.63) is 40.4 Å². The fourth-order valence-electron chi connectivity index (χ4n) is 1.72. The molecule has 1 atom stereocenters. The molecule has 1 unspecified atom stereocenters. The molecule has 2 nitrogen and oxygen atoms in total. The van der Waals surface area contributed by atoms with Crippen LogP contribution in [0, 0.1) is 13.8 Å². The van der Waals surface area contributed by atoms with Crippen LogP contribution in [0.25, 0.3) is 10.6 Å². The molecular formula is C14H18N2S. The van der Waals surface area contributed by atoms with Crippen molar-refractivity contribution in [2.24, 2.45) is 5.73 Å². The molecule has 0 amide bonds. The topological polar surface area (TPSA) is 38.9 Å². The van der Waals surface area contributed by atoms with Crippen LogP contribution in [0.15, 0.2) is 23.6 Å². The second-order valence-electron chi connectivity index (χ2n) is 4.53. The third-order valence-corrected chi connectivity index (χ3v) is 3.90. The Labute approximate surface area is 107 Å².